The van der Waals surface area contributed by atoms with Crippen molar-refractivity contribution in [1.29, 1.82) is 0 Å². The highest BCUT2D eigenvalue weighted by Gasteiger charge is 2.52. The molecule has 7 nitrogen and oxygen atoms in total. The maximum atomic E-state index is 14.1. The zero-order chi connectivity index (χ0) is 26.8. The van der Waals surface area contributed by atoms with E-state index in [9.17, 15) is 14.0 Å². The number of fused-ring (bicyclic) bond motifs is 1. The molecule has 8 heteroatoms. The number of benzene rings is 2. The van der Waals surface area contributed by atoms with Crippen molar-refractivity contribution in [3.63, 3.8) is 0 Å². The molecule has 0 N–H and O–H groups in total. The Kier molecular flexibility index (Phi) is 7.42. The van der Waals surface area contributed by atoms with Crippen molar-refractivity contribution in [3.05, 3.63) is 96.1 Å². The van der Waals surface area contributed by atoms with Gasteiger partial charge in [0, 0.05) is 37.6 Å². The van der Waals surface area contributed by atoms with Crippen molar-refractivity contribution in [1.82, 2.24) is 14.9 Å². The predicted octanol–water partition coefficient (Wildman–Crippen LogP) is 5.25. The molecule has 1 aliphatic carbocycles. The van der Waals surface area contributed by atoms with Crippen molar-refractivity contribution in [3.8, 4) is 0 Å². The lowest BCUT2D eigenvalue weighted by molar-refractivity contribution is -0.175. The molecule has 5 atom stereocenters. The Labute approximate surface area is 222 Å². The molecule has 2 heterocycles. The molecule has 1 saturated heterocycles. The van der Waals surface area contributed by atoms with Crippen LogP contribution in [0.3, 0.4) is 0 Å². The van der Waals surface area contributed by atoms with Crippen molar-refractivity contribution in [2.45, 2.75) is 44.3 Å². The summed E-state index contributed by atoms with van der Waals surface area (Å²) in [6, 6.07) is 19.5. The summed E-state index contributed by atoms with van der Waals surface area (Å²) in [5.41, 5.74) is 2.70. The molecule has 0 bridgehead atoms. The minimum atomic E-state index is -0.363. The highest BCUT2D eigenvalue weighted by atomic mass is 19.1. The van der Waals surface area contributed by atoms with Gasteiger partial charge in [-0.2, -0.15) is 0 Å². The highest BCUT2D eigenvalue weighted by molar-refractivity contribution is 5.96. The number of rotatable bonds is 6. The zero-order valence-corrected chi connectivity index (χ0v) is 21.9. The average molecular weight is 517 g/mol. The fourth-order valence-electron chi connectivity index (χ4n) is 6.14. The molecule has 2 aliphatic rings. The molecule has 0 unspecified atom stereocenters. The SMILES string of the molecule is CON(C)C(=O)[C@H]1C[C@@H]2[C@H](C[C@@H](c3ccccc3)[C@H]1C)N(c1ccc(F)cc1)C(=O)N2Cc1cccnc1. The van der Waals surface area contributed by atoms with Gasteiger partial charge in [-0.1, -0.05) is 43.3 Å². The molecule has 2 fully saturated rings. The third kappa shape index (κ3) is 4.88. The standard InChI is InChI=1S/C30H33FN4O3/c1-20-25(22-9-5-4-6-10-22)16-28-27(17-26(20)29(36)33(2)38-3)34(19-21-8-7-15-32-18-21)30(37)35(28)24-13-11-23(31)12-14-24/h4-15,18,20,25-28H,16-17,19H2,1-3H3/t20-,25-,26+,27-,28+/m1/s1. The zero-order valence-electron chi connectivity index (χ0n) is 21.9. The van der Waals surface area contributed by atoms with Crippen molar-refractivity contribution >= 4 is 17.6 Å². The molecule has 1 aliphatic heterocycles. The smallest absolute Gasteiger partial charge is 0.315 e. The summed E-state index contributed by atoms with van der Waals surface area (Å²) in [7, 11) is 3.12. The molecule has 0 spiro atoms. The summed E-state index contributed by atoms with van der Waals surface area (Å²) in [5.74, 6) is -0.791. The number of halogens is 1. The Hall–Kier alpha value is -3.78. The summed E-state index contributed by atoms with van der Waals surface area (Å²) in [6.45, 7) is 2.50. The van der Waals surface area contributed by atoms with Gasteiger partial charge in [0.15, 0.2) is 0 Å². The van der Waals surface area contributed by atoms with E-state index in [4.69, 9.17) is 4.84 Å². The van der Waals surface area contributed by atoms with E-state index < -0.39 is 0 Å². The number of anilines is 1. The van der Waals surface area contributed by atoms with Gasteiger partial charge in [0.1, 0.15) is 5.82 Å². The van der Waals surface area contributed by atoms with Crippen molar-refractivity contribution < 1.29 is 18.8 Å². The van der Waals surface area contributed by atoms with E-state index in [0.29, 0.717) is 25.1 Å². The van der Waals surface area contributed by atoms with Crippen LogP contribution in [0, 0.1) is 17.7 Å². The molecule has 1 saturated carbocycles. The topological polar surface area (TPSA) is 66.0 Å². The number of carbonyl (C=O) groups is 2. The first kappa shape index (κ1) is 25.9. The molecule has 0 radical (unpaired) electrons. The molecule has 198 valence electrons. The number of hydrogen-bond donors (Lipinski definition) is 0. The monoisotopic (exact) mass is 516 g/mol. The Bertz CT molecular complexity index is 1260. The maximum absolute atomic E-state index is 14.1. The van der Waals surface area contributed by atoms with Crippen LogP contribution in [0.25, 0.3) is 0 Å². The Morgan fingerprint density at radius 2 is 1.79 bits per heavy atom. The lowest BCUT2D eigenvalue weighted by Gasteiger charge is -2.32. The lowest BCUT2D eigenvalue weighted by Crippen LogP contribution is -2.41. The number of urea groups is 1. The number of carbonyl (C=O) groups excluding carboxylic acids is 2. The molecule has 38 heavy (non-hydrogen) atoms. The number of hydrogen-bond acceptors (Lipinski definition) is 4. The van der Waals surface area contributed by atoms with Gasteiger partial charge >= 0.3 is 6.03 Å². The minimum Gasteiger partial charge on any atom is -0.315 e. The van der Waals surface area contributed by atoms with E-state index in [-0.39, 0.29) is 47.6 Å². The Morgan fingerprint density at radius 1 is 1.05 bits per heavy atom. The molecule has 3 aromatic rings. The van der Waals surface area contributed by atoms with E-state index >= 15 is 0 Å². The normalized spacial score (nSPS) is 25.2. The molecular weight excluding hydrogens is 483 g/mol. The largest absolute Gasteiger partial charge is 0.325 e. The fourth-order valence-corrected chi connectivity index (χ4v) is 6.14. The van der Waals surface area contributed by atoms with Crippen LogP contribution in [0.5, 0.6) is 0 Å². The second kappa shape index (κ2) is 10.9. The molecule has 5 rings (SSSR count). The van der Waals surface area contributed by atoms with Gasteiger partial charge in [-0.05, 0) is 66.1 Å². The highest BCUT2D eigenvalue weighted by Crippen LogP contribution is 2.47. The van der Waals surface area contributed by atoms with Gasteiger partial charge < -0.3 is 4.90 Å². The van der Waals surface area contributed by atoms with E-state index in [1.807, 2.05) is 35.2 Å². The van der Waals surface area contributed by atoms with Crippen LogP contribution >= 0.6 is 0 Å². The van der Waals surface area contributed by atoms with Crippen molar-refractivity contribution in [2.75, 3.05) is 19.1 Å². The Balaban J connectivity index is 1.61. The summed E-state index contributed by atoms with van der Waals surface area (Å²) >= 11 is 0. The third-order valence-corrected chi connectivity index (χ3v) is 8.20. The van der Waals surface area contributed by atoms with Gasteiger partial charge in [-0.3, -0.25) is 19.5 Å². The van der Waals surface area contributed by atoms with Crippen LogP contribution in [-0.2, 0) is 16.2 Å². The number of hydroxylamine groups is 2. The first-order valence-corrected chi connectivity index (χ1v) is 13.0. The van der Waals surface area contributed by atoms with E-state index in [1.54, 1.807) is 36.5 Å². The molecule has 1 aromatic heterocycles. The lowest BCUT2D eigenvalue weighted by atomic mass is 9.77. The van der Waals surface area contributed by atoms with Crippen LogP contribution in [0.15, 0.2) is 79.1 Å². The number of pyridine rings is 1. The van der Waals surface area contributed by atoms with E-state index in [1.165, 1.54) is 24.3 Å². The van der Waals surface area contributed by atoms with Gasteiger partial charge in [-0.15, -0.1) is 0 Å². The van der Waals surface area contributed by atoms with Gasteiger partial charge in [0.2, 0.25) is 5.91 Å². The average Bonchev–Trinajstić information content (AvgIpc) is 3.09. The van der Waals surface area contributed by atoms with Crippen LogP contribution in [0.1, 0.15) is 36.8 Å². The van der Waals surface area contributed by atoms with Crippen LogP contribution in [0.4, 0.5) is 14.9 Å². The molecule has 3 amide bonds. The minimum absolute atomic E-state index is 0.00138. The predicted molar refractivity (Wildman–Crippen MR) is 142 cm³/mol. The maximum Gasteiger partial charge on any atom is 0.325 e. The summed E-state index contributed by atoms with van der Waals surface area (Å²) < 4.78 is 13.8. The van der Waals surface area contributed by atoms with Crippen LogP contribution in [0.2, 0.25) is 0 Å². The second-order valence-corrected chi connectivity index (χ2v) is 10.2. The second-order valence-electron chi connectivity index (χ2n) is 10.2. The fraction of sp³-hybridized carbons (Fsp3) is 0.367. The number of nitrogens with zero attached hydrogens (tertiary/aromatic N) is 4. The van der Waals surface area contributed by atoms with Crippen LogP contribution < -0.4 is 4.90 Å². The van der Waals surface area contributed by atoms with Gasteiger partial charge in [0.05, 0.1) is 19.2 Å². The first-order valence-electron chi connectivity index (χ1n) is 13.0. The van der Waals surface area contributed by atoms with Crippen molar-refractivity contribution in [2.24, 2.45) is 11.8 Å². The molecule has 2 aromatic carbocycles. The quantitative estimate of drug-likeness (QED) is 0.420. The summed E-state index contributed by atoms with van der Waals surface area (Å²) in [4.78, 5) is 40.9. The first-order chi connectivity index (χ1) is 18.4. The third-order valence-electron chi connectivity index (χ3n) is 8.20. The number of aromatic nitrogens is 1. The van der Waals surface area contributed by atoms with Crippen LogP contribution in [-0.4, -0.2) is 53.1 Å². The van der Waals surface area contributed by atoms with Gasteiger partial charge in [0.25, 0.3) is 0 Å². The summed E-state index contributed by atoms with van der Waals surface area (Å²) in [6.07, 6.45) is 4.63. The Morgan fingerprint density at radius 3 is 2.45 bits per heavy atom. The van der Waals surface area contributed by atoms with E-state index in [2.05, 4.69) is 24.0 Å². The van der Waals surface area contributed by atoms with Gasteiger partial charge in [-0.25, -0.2) is 14.2 Å². The van der Waals surface area contributed by atoms with E-state index in [0.717, 1.165) is 11.1 Å². The number of amides is 3. The summed E-state index contributed by atoms with van der Waals surface area (Å²) in [5, 5.41) is 1.30. The molecular formula is C30H33FN4O3.